The van der Waals surface area contributed by atoms with Gasteiger partial charge in [-0.05, 0) is 19.3 Å². The predicted octanol–water partition coefficient (Wildman–Crippen LogP) is 1.33. The molecule has 0 aromatic rings. The summed E-state index contributed by atoms with van der Waals surface area (Å²) in [6, 6.07) is 0.268. The third-order valence-electron chi connectivity index (χ3n) is 3.31. The quantitative estimate of drug-likeness (QED) is 0.756. The molecule has 2 N–H and O–H groups in total. The van der Waals surface area contributed by atoms with Crippen molar-refractivity contribution in [3.63, 3.8) is 0 Å². The number of ether oxygens (including phenoxy) is 1. The van der Waals surface area contributed by atoms with Gasteiger partial charge >= 0.3 is 0 Å². The first kappa shape index (κ1) is 14.4. The van der Waals surface area contributed by atoms with E-state index in [1.165, 1.54) is 0 Å². The summed E-state index contributed by atoms with van der Waals surface area (Å²) in [5.74, 6) is -0.242. The van der Waals surface area contributed by atoms with E-state index in [1.807, 2.05) is 18.9 Å². The number of rotatable bonds is 5. The van der Waals surface area contributed by atoms with Gasteiger partial charge in [-0.1, -0.05) is 25.6 Å². The molecule has 0 radical (unpaired) electrons. The summed E-state index contributed by atoms with van der Waals surface area (Å²) >= 11 is 4.98. The van der Waals surface area contributed by atoms with E-state index in [9.17, 15) is 4.79 Å². The molecular formula is C12H22N2O2S. The average Bonchev–Trinajstić information content (AvgIpc) is 2.35. The molecule has 0 aliphatic carbocycles. The lowest BCUT2D eigenvalue weighted by molar-refractivity contribution is -0.136. The van der Waals surface area contributed by atoms with Crippen molar-refractivity contribution >= 4 is 23.1 Å². The number of nitrogens with two attached hydrogens (primary N) is 1. The van der Waals surface area contributed by atoms with Gasteiger partial charge in [0.2, 0.25) is 5.91 Å². The molecule has 1 rings (SSSR count). The first-order valence-corrected chi connectivity index (χ1v) is 6.62. The van der Waals surface area contributed by atoms with Gasteiger partial charge in [0.15, 0.2) is 0 Å². The van der Waals surface area contributed by atoms with E-state index < -0.39 is 0 Å². The standard InChI is InChI=1S/C12H22N2O2S/c1-3-4-10(11(13)17)12(15)14(2)9-5-7-16-8-6-9/h9-10H,3-8H2,1-2H3,(H2,13,17). The molecular weight excluding hydrogens is 236 g/mol. The fourth-order valence-corrected chi connectivity index (χ4v) is 2.39. The van der Waals surface area contributed by atoms with Crippen LogP contribution in [0.2, 0.25) is 0 Å². The van der Waals surface area contributed by atoms with E-state index in [1.54, 1.807) is 0 Å². The summed E-state index contributed by atoms with van der Waals surface area (Å²) in [6.45, 7) is 3.49. The number of amides is 1. The van der Waals surface area contributed by atoms with Gasteiger partial charge < -0.3 is 15.4 Å². The zero-order valence-electron chi connectivity index (χ0n) is 10.6. The van der Waals surface area contributed by atoms with Crippen LogP contribution < -0.4 is 5.73 Å². The van der Waals surface area contributed by atoms with Crippen molar-refractivity contribution in [3.8, 4) is 0 Å². The van der Waals surface area contributed by atoms with Crippen LogP contribution in [0.15, 0.2) is 0 Å². The van der Waals surface area contributed by atoms with Crippen molar-refractivity contribution in [1.82, 2.24) is 4.90 Å². The highest BCUT2D eigenvalue weighted by atomic mass is 32.1. The third kappa shape index (κ3) is 3.92. The summed E-state index contributed by atoms with van der Waals surface area (Å²) < 4.78 is 5.30. The summed E-state index contributed by atoms with van der Waals surface area (Å²) in [6.07, 6.45) is 3.45. The second-order valence-electron chi connectivity index (χ2n) is 4.54. The van der Waals surface area contributed by atoms with Gasteiger partial charge in [-0.15, -0.1) is 0 Å². The van der Waals surface area contributed by atoms with Crippen LogP contribution in [0.4, 0.5) is 0 Å². The number of carbonyl (C=O) groups excluding carboxylic acids is 1. The van der Waals surface area contributed by atoms with E-state index in [-0.39, 0.29) is 17.9 Å². The molecule has 17 heavy (non-hydrogen) atoms. The first-order valence-electron chi connectivity index (χ1n) is 6.21. The fraction of sp³-hybridized carbons (Fsp3) is 0.833. The lowest BCUT2D eigenvalue weighted by Gasteiger charge is -2.33. The molecule has 5 heteroatoms. The second-order valence-corrected chi connectivity index (χ2v) is 5.01. The summed E-state index contributed by atoms with van der Waals surface area (Å²) in [5, 5.41) is 0. The molecule has 0 spiro atoms. The molecule has 1 aliphatic rings. The molecule has 1 unspecified atom stereocenters. The monoisotopic (exact) mass is 258 g/mol. The Balaban J connectivity index is 2.61. The Morgan fingerprint density at radius 1 is 1.53 bits per heavy atom. The lowest BCUT2D eigenvalue weighted by atomic mass is 9.99. The highest BCUT2D eigenvalue weighted by Crippen LogP contribution is 2.18. The smallest absolute Gasteiger partial charge is 0.232 e. The molecule has 0 aromatic heterocycles. The number of nitrogens with zero attached hydrogens (tertiary/aromatic N) is 1. The van der Waals surface area contributed by atoms with Gasteiger partial charge in [0.25, 0.3) is 0 Å². The Bertz CT molecular complexity index is 278. The molecule has 1 aliphatic heterocycles. The van der Waals surface area contributed by atoms with Crippen LogP contribution in [0.1, 0.15) is 32.6 Å². The Morgan fingerprint density at radius 3 is 2.59 bits per heavy atom. The minimum atomic E-state index is -0.303. The molecule has 1 fully saturated rings. The molecule has 1 saturated heterocycles. The lowest BCUT2D eigenvalue weighted by Crippen LogP contribution is -2.46. The van der Waals surface area contributed by atoms with E-state index in [4.69, 9.17) is 22.7 Å². The molecule has 1 amide bonds. The Morgan fingerprint density at radius 2 is 2.12 bits per heavy atom. The number of carbonyl (C=O) groups is 1. The molecule has 98 valence electrons. The van der Waals surface area contributed by atoms with Crippen LogP contribution >= 0.6 is 12.2 Å². The zero-order chi connectivity index (χ0) is 12.8. The number of hydrogen-bond donors (Lipinski definition) is 1. The van der Waals surface area contributed by atoms with E-state index in [2.05, 4.69) is 0 Å². The van der Waals surface area contributed by atoms with Crippen LogP contribution in [-0.4, -0.2) is 42.1 Å². The summed E-state index contributed by atoms with van der Waals surface area (Å²) in [5.41, 5.74) is 5.65. The number of hydrogen-bond acceptors (Lipinski definition) is 3. The van der Waals surface area contributed by atoms with Gasteiger partial charge in [-0.25, -0.2) is 0 Å². The molecule has 1 atom stereocenters. The van der Waals surface area contributed by atoms with Gasteiger partial charge in [0, 0.05) is 26.3 Å². The predicted molar refractivity (Wildman–Crippen MR) is 71.8 cm³/mol. The van der Waals surface area contributed by atoms with Crippen LogP contribution in [0, 0.1) is 5.92 Å². The van der Waals surface area contributed by atoms with Gasteiger partial charge in [0.1, 0.15) is 0 Å². The Kier molecular flexibility index (Phi) is 5.85. The van der Waals surface area contributed by atoms with Crippen molar-refractivity contribution < 1.29 is 9.53 Å². The maximum Gasteiger partial charge on any atom is 0.232 e. The largest absolute Gasteiger partial charge is 0.393 e. The fourth-order valence-electron chi connectivity index (χ4n) is 2.17. The van der Waals surface area contributed by atoms with Crippen molar-refractivity contribution in [2.24, 2.45) is 11.7 Å². The molecule has 0 bridgehead atoms. The minimum absolute atomic E-state index is 0.0613. The van der Waals surface area contributed by atoms with E-state index in [0.717, 1.165) is 38.9 Å². The van der Waals surface area contributed by atoms with Gasteiger partial charge in [0.05, 0.1) is 10.9 Å². The third-order valence-corrected chi connectivity index (χ3v) is 3.59. The molecule has 0 aromatic carbocycles. The van der Waals surface area contributed by atoms with Crippen molar-refractivity contribution in [2.75, 3.05) is 20.3 Å². The Labute approximate surface area is 108 Å². The maximum atomic E-state index is 12.3. The average molecular weight is 258 g/mol. The minimum Gasteiger partial charge on any atom is -0.393 e. The second kappa shape index (κ2) is 6.91. The van der Waals surface area contributed by atoms with Gasteiger partial charge in [-0.2, -0.15) is 0 Å². The van der Waals surface area contributed by atoms with Crippen LogP contribution in [0.3, 0.4) is 0 Å². The van der Waals surface area contributed by atoms with E-state index in [0.29, 0.717) is 4.99 Å². The highest BCUT2D eigenvalue weighted by Gasteiger charge is 2.29. The number of thiocarbonyl (C=S) groups is 1. The van der Waals surface area contributed by atoms with E-state index >= 15 is 0 Å². The van der Waals surface area contributed by atoms with Crippen LogP contribution in [0.25, 0.3) is 0 Å². The summed E-state index contributed by atoms with van der Waals surface area (Å²) in [4.78, 5) is 14.4. The highest BCUT2D eigenvalue weighted by molar-refractivity contribution is 7.80. The van der Waals surface area contributed by atoms with Gasteiger partial charge in [-0.3, -0.25) is 4.79 Å². The summed E-state index contributed by atoms with van der Waals surface area (Å²) in [7, 11) is 1.85. The normalized spacial score (nSPS) is 18.7. The molecule has 4 nitrogen and oxygen atoms in total. The molecule has 0 saturated carbocycles. The van der Waals surface area contributed by atoms with Crippen LogP contribution in [-0.2, 0) is 9.53 Å². The van der Waals surface area contributed by atoms with Crippen molar-refractivity contribution in [2.45, 2.75) is 38.6 Å². The topological polar surface area (TPSA) is 55.6 Å². The van der Waals surface area contributed by atoms with Crippen LogP contribution in [0.5, 0.6) is 0 Å². The Hall–Kier alpha value is -0.680. The SMILES string of the molecule is CCCC(C(=O)N(C)C1CCOCC1)C(N)=S. The maximum absolute atomic E-state index is 12.3. The van der Waals surface area contributed by atoms with Crippen molar-refractivity contribution in [3.05, 3.63) is 0 Å². The zero-order valence-corrected chi connectivity index (χ0v) is 11.5. The van der Waals surface area contributed by atoms with Crippen molar-refractivity contribution in [1.29, 1.82) is 0 Å². The molecule has 1 heterocycles. The first-order chi connectivity index (χ1) is 8.07.